The van der Waals surface area contributed by atoms with Crippen molar-refractivity contribution >= 4 is 29.1 Å². The van der Waals surface area contributed by atoms with Gasteiger partial charge in [-0.25, -0.2) is 9.97 Å². The Labute approximate surface area is 250 Å². The van der Waals surface area contributed by atoms with E-state index >= 15 is 0 Å². The van der Waals surface area contributed by atoms with Crippen molar-refractivity contribution in [1.82, 2.24) is 25.5 Å². The van der Waals surface area contributed by atoms with Crippen LogP contribution in [0.1, 0.15) is 46.5 Å². The molecule has 4 N–H and O–H groups in total. The van der Waals surface area contributed by atoms with E-state index in [1.165, 1.54) is 12.8 Å². The number of anilines is 2. The lowest BCUT2D eigenvalue weighted by Gasteiger charge is -2.31. The van der Waals surface area contributed by atoms with Gasteiger partial charge in [0.1, 0.15) is 24.0 Å². The summed E-state index contributed by atoms with van der Waals surface area (Å²) < 4.78 is 11.1. The van der Waals surface area contributed by atoms with Gasteiger partial charge in [-0.15, -0.1) is 0 Å². The smallest absolute Gasteiger partial charge is 0.251 e. The van der Waals surface area contributed by atoms with Crippen molar-refractivity contribution in [3.63, 3.8) is 0 Å². The third-order valence-electron chi connectivity index (χ3n) is 8.17. The zero-order chi connectivity index (χ0) is 28.9. The van der Waals surface area contributed by atoms with Crippen molar-refractivity contribution in [3.05, 3.63) is 64.3 Å². The van der Waals surface area contributed by atoms with E-state index in [-0.39, 0.29) is 19.1 Å². The molecule has 1 atom stereocenters. The van der Waals surface area contributed by atoms with Gasteiger partial charge >= 0.3 is 0 Å². The summed E-state index contributed by atoms with van der Waals surface area (Å²) in [7, 11) is 0. The minimum atomic E-state index is -0.711. The van der Waals surface area contributed by atoms with Gasteiger partial charge in [0.2, 0.25) is 0 Å². The molecular formula is C30H38ClN7O4. The first-order valence-corrected chi connectivity index (χ1v) is 15.1. The molecule has 1 saturated heterocycles. The highest BCUT2D eigenvalue weighted by molar-refractivity contribution is 6.33. The molecule has 2 aliphatic heterocycles. The zero-order valence-corrected chi connectivity index (χ0v) is 24.4. The molecule has 4 heterocycles. The number of nitrogens with zero attached hydrogens (tertiary/aromatic N) is 4. The van der Waals surface area contributed by atoms with Crippen LogP contribution < -0.4 is 25.6 Å². The molecule has 0 unspecified atom stereocenters. The molecule has 6 rings (SSSR count). The number of β-amino-alcohol motifs (C(OH)–C–C–N with tert-alkyl or cyclic N) is 1. The fourth-order valence-corrected chi connectivity index (χ4v) is 5.92. The topological polar surface area (TPSA) is 128 Å². The number of aliphatic hydroxyl groups is 1. The first kappa shape index (κ1) is 28.7. The average Bonchev–Trinajstić information content (AvgIpc) is 3.51. The summed E-state index contributed by atoms with van der Waals surface area (Å²) >= 11 is 6.67. The van der Waals surface area contributed by atoms with Gasteiger partial charge < -0.3 is 35.1 Å². The van der Waals surface area contributed by atoms with Crippen LogP contribution in [0.4, 0.5) is 11.6 Å². The van der Waals surface area contributed by atoms with Gasteiger partial charge in [0, 0.05) is 64.0 Å². The van der Waals surface area contributed by atoms with Crippen molar-refractivity contribution in [2.75, 3.05) is 56.0 Å². The summed E-state index contributed by atoms with van der Waals surface area (Å²) in [5.74, 6) is 2.58. The number of carbonyl (C=O) groups excluding carboxylic acids is 1. The summed E-state index contributed by atoms with van der Waals surface area (Å²) in [5.41, 5.74) is 2.73. The minimum Gasteiger partial charge on any atom is -0.484 e. The maximum absolute atomic E-state index is 13.2. The van der Waals surface area contributed by atoms with Gasteiger partial charge in [-0.1, -0.05) is 17.7 Å². The lowest BCUT2D eigenvalue weighted by Crippen LogP contribution is -2.44. The first-order chi connectivity index (χ1) is 20.5. The Bertz CT molecular complexity index is 1360. The van der Waals surface area contributed by atoms with Crippen LogP contribution in [0.2, 0.25) is 5.02 Å². The number of carbonyl (C=O) groups is 1. The summed E-state index contributed by atoms with van der Waals surface area (Å²) in [6.07, 6.45) is 6.49. The molecule has 224 valence electrons. The van der Waals surface area contributed by atoms with E-state index in [0.717, 1.165) is 74.7 Å². The number of hydrogen-bond acceptors (Lipinski definition) is 10. The SMILES string of the molecule is O=C(NC[C@H](O)CN1CCc2c(ccc(OCc3cnco3)c2Cl)C1)c1cc(NC2CCC2)nc(N2CCNCC2)c1. The molecule has 1 amide bonds. The van der Waals surface area contributed by atoms with E-state index in [4.69, 9.17) is 25.7 Å². The quantitative estimate of drug-likeness (QED) is 0.263. The molecule has 12 heteroatoms. The average molecular weight is 596 g/mol. The summed E-state index contributed by atoms with van der Waals surface area (Å²) in [5, 5.41) is 21.2. The number of ether oxygens (including phenoxy) is 1. The highest BCUT2D eigenvalue weighted by Crippen LogP contribution is 2.34. The second-order valence-corrected chi connectivity index (χ2v) is 11.6. The number of aliphatic hydroxyl groups excluding tert-OH is 1. The fourth-order valence-electron chi connectivity index (χ4n) is 5.59. The number of amides is 1. The van der Waals surface area contributed by atoms with Gasteiger partial charge in [-0.2, -0.15) is 0 Å². The molecule has 0 bridgehead atoms. The maximum Gasteiger partial charge on any atom is 0.251 e. The van der Waals surface area contributed by atoms with Crippen LogP contribution >= 0.6 is 11.6 Å². The first-order valence-electron chi connectivity index (χ1n) is 14.7. The lowest BCUT2D eigenvalue weighted by atomic mass is 9.93. The predicted octanol–water partition coefficient (Wildman–Crippen LogP) is 2.82. The van der Waals surface area contributed by atoms with E-state index in [0.29, 0.717) is 41.2 Å². The van der Waals surface area contributed by atoms with Crippen LogP contribution in [0.15, 0.2) is 41.3 Å². The summed E-state index contributed by atoms with van der Waals surface area (Å²) in [6.45, 7) is 5.75. The number of nitrogens with one attached hydrogen (secondary N) is 3. The highest BCUT2D eigenvalue weighted by Gasteiger charge is 2.24. The standard InChI is InChI=1S/C30H38ClN7O4/c31-29-25-6-9-37(16-20(25)4-5-26(29)41-18-24-15-33-19-42-24)17-23(39)14-34-30(40)21-12-27(35-22-2-1-3-22)36-28(13-21)38-10-7-32-8-11-38/h4-5,12-13,15,19,22-23,32,39H,1-3,6-11,14,16-18H2,(H,34,40)(H,35,36)/t23-/m0/s1. The Kier molecular flexibility index (Phi) is 9.09. The third kappa shape index (κ3) is 6.97. The van der Waals surface area contributed by atoms with Crippen LogP contribution in [0.3, 0.4) is 0 Å². The largest absolute Gasteiger partial charge is 0.484 e. The molecule has 42 heavy (non-hydrogen) atoms. The van der Waals surface area contributed by atoms with Crippen molar-refractivity contribution < 1.29 is 19.1 Å². The van der Waals surface area contributed by atoms with Crippen molar-refractivity contribution in [1.29, 1.82) is 0 Å². The number of benzene rings is 1. The van der Waals surface area contributed by atoms with Gasteiger partial charge in [-0.3, -0.25) is 9.69 Å². The Morgan fingerprint density at radius 1 is 1.24 bits per heavy atom. The molecule has 1 aromatic carbocycles. The molecule has 2 fully saturated rings. The number of rotatable bonds is 11. The molecule has 1 saturated carbocycles. The second-order valence-electron chi connectivity index (χ2n) is 11.2. The molecular weight excluding hydrogens is 558 g/mol. The normalized spacial score (nSPS) is 18.2. The van der Waals surface area contributed by atoms with Crippen LogP contribution in [-0.4, -0.2) is 83.8 Å². The zero-order valence-electron chi connectivity index (χ0n) is 23.6. The van der Waals surface area contributed by atoms with E-state index in [1.807, 2.05) is 24.3 Å². The second kappa shape index (κ2) is 13.3. The molecule has 0 radical (unpaired) electrons. The lowest BCUT2D eigenvalue weighted by molar-refractivity contribution is 0.0841. The monoisotopic (exact) mass is 595 g/mol. The third-order valence-corrected chi connectivity index (χ3v) is 8.58. The van der Waals surface area contributed by atoms with Crippen molar-refractivity contribution in [2.24, 2.45) is 0 Å². The van der Waals surface area contributed by atoms with Gasteiger partial charge in [0.05, 0.1) is 17.3 Å². The number of aromatic nitrogens is 2. The van der Waals surface area contributed by atoms with Crippen molar-refractivity contribution in [2.45, 2.75) is 51.0 Å². The number of hydrogen-bond donors (Lipinski definition) is 4. The van der Waals surface area contributed by atoms with Gasteiger partial charge in [0.25, 0.3) is 5.91 Å². The van der Waals surface area contributed by atoms with Crippen LogP contribution in [-0.2, 0) is 19.6 Å². The van der Waals surface area contributed by atoms with E-state index in [2.05, 4.69) is 30.7 Å². The number of halogens is 1. The van der Waals surface area contributed by atoms with E-state index in [1.54, 1.807) is 6.20 Å². The Morgan fingerprint density at radius 2 is 2.10 bits per heavy atom. The number of piperazine rings is 1. The number of oxazole rings is 1. The number of fused-ring (bicyclic) bond motifs is 1. The van der Waals surface area contributed by atoms with Crippen LogP contribution in [0.5, 0.6) is 5.75 Å². The van der Waals surface area contributed by atoms with Crippen LogP contribution in [0, 0.1) is 0 Å². The molecule has 3 aliphatic rings. The maximum atomic E-state index is 13.2. The summed E-state index contributed by atoms with van der Waals surface area (Å²) in [4.78, 5) is 26.3. The minimum absolute atomic E-state index is 0.161. The molecule has 2 aromatic heterocycles. The summed E-state index contributed by atoms with van der Waals surface area (Å²) in [6, 6.07) is 7.98. The van der Waals surface area contributed by atoms with E-state index in [9.17, 15) is 9.90 Å². The van der Waals surface area contributed by atoms with Crippen LogP contribution in [0.25, 0.3) is 0 Å². The molecule has 11 nitrogen and oxygen atoms in total. The molecule has 1 aliphatic carbocycles. The molecule has 0 spiro atoms. The van der Waals surface area contributed by atoms with E-state index < -0.39 is 6.10 Å². The highest BCUT2D eigenvalue weighted by atomic mass is 35.5. The Hall–Kier alpha value is -3.38. The predicted molar refractivity (Wildman–Crippen MR) is 160 cm³/mol. The van der Waals surface area contributed by atoms with Gasteiger partial charge in [-0.05, 0) is 55.0 Å². The number of pyridine rings is 1. The fraction of sp³-hybridized carbons (Fsp3) is 0.500. The van der Waals surface area contributed by atoms with Crippen molar-refractivity contribution in [3.8, 4) is 5.75 Å². The molecule has 3 aromatic rings. The Morgan fingerprint density at radius 3 is 2.86 bits per heavy atom. The Balaban J connectivity index is 1.03. The van der Waals surface area contributed by atoms with Gasteiger partial charge in [0.15, 0.2) is 12.2 Å².